The minimum absolute atomic E-state index is 0.303. The smallest absolute Gasteiger partial charge is 0.130 e. The Morgan fingerprint density at radius 2 is 2.22 bits per heavy atom. The first-order valence-electron chi connectivity index (χ1n) is 7.86. The first-order chi connectivity index (χ1) is 11.1. The van der Waals surface area contributed by atoms with Gasteiger partial charge in [0, 0.05) is 38.7 Å². The molecule has 1 aliphatic heterocycles. The Morgan fingerprint density at radius 3 is 2.91 bits per heavy atom. The molecule has 3 rings (SSSR count). The molecule has 0 spiro atoms. The topological polar surface area (TPSA) is 52.4 Å². The highest BCUT2D eigenvalue weighted by Crippen LogP contribution is 2.24. The second kappa shape index (κ2) is 6.53. The van der Waals surface area contributed by atoms with E-state index >= 15 is 0 Å². The molecule has 1 fully saturated rings. The molecule has 0 unspecified atom stereocenters. The van der Waals surface area contributed by atoms with Crippen LogP contribution in [-0.2, 0) is 4.74 Å². The molecule has 0 saturated carbocycles. The van der Waals surface area contributed by atoms with Gasteiger partial charge in [-0.2, -0.15) is 5.26 Å². The van der Waals surface area contributed by atoms with E-state index in [2.05, 4.69) is 22.9 Å². The molecular formula is C18H22N4O. The average Bonchev–Trinajstić information content (AvgIpc) is 2.93. The van der Waals surface area contributed by atoms with Crippen LogP contribution in [0.1, 0.15) is 12.0 Å². The maximum Gasteiger partial charge on any atom is 0.130 e. The van der Waals surface area contributed by atoms with E-state index in [-0.39, 0.29) is 0 Å². The van der Waals surface area contributed by atoms with Crippen LogP contribution in [0.3, 0.4) is 0 Å². The molecule has 1 saturated heterocycles. The molecule has 23 heavy (non-hydrogen) atoms. The van der Waals surface area contributed by atoms with E-state index in [0.29, 0.717) is 17.7 Å². The predicted octanol–water partition coefficient (Wildman–Crippen LogP) is 2.26. The van der Waals surface area contributed by atoms with E-state index in [9.17, 15) is 5.26 Å². The van der Waals surface area contributed by atoms with E-state index < -0.39 is 0 Å². The first-order valence-corrected chi connectivity index (χ1v) is 7.86. The van der Waals surface area contributed by atoms with Crippen molar-refractivity contribution in [3.63, 3.8) is 0 Å². The SMILES string of the molecule is CO[C@H]1C[C@@H](CN(C)c2cc(C#N)c3ccccc3n2)N(C)C1. The Kier molecular flexibility index (Phi) is 4.46. The molecule has 0 aliphatic carbocycles. The number of pyridine rings is 1. The van der Waals surface area contributed by atoms with Crippen molar-refractivity contribution in [3.05, 3.63) is 35.9 Å². The predicted molar refractivity (Wildman–Crippen MR) is 91.6 cm³/mol. The third-order valence-electron chi connectivity index (χ3n) is 4.68. The van der Waals surface area contributed by atoms with Crippen molar-refractivity contribution in [2.75, 3.05) is 39.2 Å². The van der Waals surface area contributed by atoms with Crippen molar-refractivity contribution in [3.8, 4) is 6.07 Å². The number of fused-ring (bicyclic) bond motifs is 1. The maximum absolute atomic E-state index is 9.41. The van der Waals surface area contributed by atoms with E-state index in [1.54, 1.807) is 7.11 Å². The molecule has 5 heteroatoms. The van der Waals surface area contributed by atoms with E-state index in [1.165, 1.54) is 0 Å². The van der Waals surface area contributed by atoms with E-state index in [1.807, 2.05) is 37.4 Å². The number of ether oxygens (including phenoxy) is 1. The summed E-state index contributed by atoms with van der Waals surface area (Å²) in [6.07, 6.45) is 1.33. The molecule has 2 atom stereocenters. The zero-order valence-corrected chi connectivity index (χ0v) is 13.9. The number of aromatic nitrogens is 1. The standard InChI is InChI=1S/C18H22N4O/c1-21-12-15(23-3)9-14(21)11-22(2)18-8-13(10-19)16-6-4-5-7-17(16)20-18/h4-8,14-15H,9,11-12H2,1-3H3/t14-,15-/m0/s1. The largest absolute Gasteiger partial charge is 0.380 e. The summed E-state index contributed by atoms with van der Waals surface area (Å²) < 4.78 is 5.47. The van der Waals surface area contributed by atoms with Gasteiger partial charge in [0.05, 0.1) is 23.3 Å². The highest BCUT2D eigenvalue weighted by molar-refractivity contribution is 5.86. The van der Waals surface area contributed by atoms with Crippen LogP contribution in [0.15, 0.2) is 30.3 Å². The van der Waals surface area contributed by atoms with Gasteiger partial charge in [-0.15, -0.1) is 0 Å². The van der Waals surface area contributed by atoms with Crippen molar-refractivity contribution in [1.29, 1.82) is 5.26 Å². The highest BCUT2D eigenvalue weighted by Gasteiger charge is 2.30. The summed E-state index contributed by atoms with van der Waals surface area (Å²) in [5.74, 6) is 0.842. The van der Waals surface area contributed by atoms with Gasteiger partial charge in [0.15, 0.2) is 0 Å². The molecular weight excluding hydrogens is 288 g/mol. The summed E-state index contributed by atoms with van der Waals surface area (Å²) >= 11 is 0. The second-order valence-corrected chi connectivity index (χ2v) is 6.22. The number of para-hydroxylation sites is 1. The summed E-state index contributed by atoms with van der Waals surface area (Å²) in [6.45, 7) is 1.83. The number of likely N-dealkylation sites (N-methyl/N-ethyl adjacent to an activating group) is 2. The van der Waals surface area contributed by atoms with E-state index in [4.69, 9.17) is 9.72 Å². The number of nitriles is 1. The molecule has 2 heterocycles. The van der Waals surface area contributed by atoms with Gasteiger partial charge in [0.25, 0.3) is 0 Å². The number of nitrogens with zero attached hydrogens (tertiary/aromatic N) is 4. The number of benzene rings is 1. The van der Waals surface area contributed by atoms with Crippen LogP contribution in [0.25, 0.3) is 10.9 Å². The summed E-state index contributed by atoms with van der Waals surface area (Å²) in [4.78, 5) is 9.18. The Labute approximate surface area is 137 Å². The van der Waals surface area contributed by atoms with Gasteiger partial charge in [-0.25, -0.2) is 4.98 Å². The highest BCUT2D eigenvalue weighted by atomic mass is 16.5. The van der Waals surface area contributed by atoms with Gasteiger partial charge < -0.3 is 9.64 Å². The number of rotatable bonds is 4. The fourth-order valence-corrected chi connectivity index (χ4v) is 3.27. The Hall–Kier alpha value is -2.16. The molecule has 0 N–H and O–H groups in total. The Morgan fingerprint density at radius 1 is 1.43 bits per heavy atom. The Bertz CT molecular complexity index is 739. The second-order valence-electron chi connectivity index (χ2n) is 6.22. The fourth-order valence-electron chi connectivity index (χ4n) is 3.27. The summed E-state index contributed by atoms with van der Waals surface area (Å²) in [5.41, 5.74) is 1.54. The molecule has 1 aliphatic rings. The molecule has 120 valence electrons. The van der Waals surface area contributed by atoms with Gasteiger partial charge in [0.2, 0.25) is 0 Å². The molecule has 0 bridgehead atoms. The van der Waals surface area contributed by atoms with Gasteiger partial charge >= 0.3 is 0 Å². The maximum atomic E-state index is 9.41. The molecule has 1 aromatic heterocycles. The van der Waals surface area contributed by atoms with Crippen molar-refractivity contribution in [1.82, 2.24) is 9.88 Å². The first kappa shape index (κ1) is 15.7. The van der Waals surface area contributed by atoms with Crippen LogP contribution in [0, 0.1) is 11.3 Å². The minimum atomic E-state index is 0.303. The van der Waals surface area contributed by atoms with Gasteiger partial charge in [-0.05, 0) is 25.6 Å². The normalized spacial score (nSPS) is 21.5. The number of hydrogen-bond donors (Lipinski definition) is 0. The molecule has 1 aromatic carbocycles. The third kappa shape index (κ3) is 3.14. The van der Waals surface area contributed by atoms with Crippen LogP contribution in [-0.4, -0.2) is 56.3 Å². The van der Waals surface area contributed by atoms with Crippen molar-refractivity contribution in [2.24, 2.45) is 0 Å². The number of likely N-dealkylation sites (tertiary alicyclic amines) is 1. The van der Waals surface area contributed by atoms with Crippen LogP contribution >= 0.6 is 0 Å². The summed E-state index contributed by atoms with van der Waals surface area (Å²) in [6, 6.07) is 12.4. The quantitative estimate of drug-likeness (QED) is 0.867. The molecule has 0 amide bonds. The summed E-state index contributed by atoms with van der Waals surface area (Å²) in [5, 5.41) is 10.3. The van der Waals surface area contributed by atoms with Crippen LogP contribution in [0.4, 0.5) is 5.82 Å². The van der Waals surface area contributed by atoms with Crippen LogP contribution < -0.4 is 4.90 Å². The van der Waals surface area contributed by atoms with Crippen LogP contribution in [0.5, 0.6) is 0 Å². The van der Waals surface area contributed by atoms with Gasteiger partial charge in [-0.1, -0.05) is 18.2 Å². The average molecular weight is 310 g/mol. The van der Waals surface area contributed by atoms with E-state index in [0.717, 1.165) is 36.2 Å². The van der Waals surface area contributed by atoms with Crippen molar-refractivity contribution in [2.45, 2.75) is 18.6 Å². The fraction of sp³-hybridized carbons (Fsp3) is 0.444. The zero-order chi connectivity index (χ0) is 16.4. The number of anilines is 1. The minimum Gasteiger partial charge on any atom is -0.380 e. The lowest BCUT2D eigenvalue weighted by Gasteiger charge is -2.26. The van der Waals surface area contributed by atoms with Crippen LogP contribution in [0.2, 0.25) is 0 Å². The van der Waals surface area contributed by atoms with Gasteiger partial charge in [0.1, 0.15) is 5.82 Å². The molecule has 2 aromatic rings. The monoisotopic (exact) mass is 310 g/mol. The lowest BCUT2D eigenvalue weighted by atomic mass is 10.1. The summed E-state index contributed by atoms with van der Waals surface area (Å²) in [7, 11) is 5.94. The molecule has 5 nitrogen and oxygen atoms in total. The van der Waals surface area contributed by atoms with Crippen molar-refractivity contribution < 1.29 is 4.74 Å². The number of hydrogen-bond acceptors (Lipinski definition) is 5. The van der Waals surface area contributed by atoms with Gasteiger partial charge in [-0.3, -0.25) is 4.90 Å². The molecule has 0 radical (unpaired) electrons. The Balaban J connectivity index is 1.84. The van der Waals surface area contributed by atoms with Crippen molar-refractivity contribution >= 4 is 16.7 Å². The lowest BCUT2D eigenvalue weighted by Crippen LogP contribution is -2.37. The number of methoxy groups -OCH3 is 1. The lowest BCUT2D eigenvalue weighted by molar-refractivity contribution is 0.111. The third-order valence-corrected chi connectivity index (χ3v) is 4.68. The zero-order valence-electron chi connectivity index (χ0n) is 13.9.